The van der Waals surface area contributed by atoms with Gasteiger partial charge in [0.2, 0.25) is 5.91 Å². The number of nitrogens with one attached hydrogen (secondary N) is 1. The van der Waals surface area contributed by atoms with Crippen molar-refractivity contribution in [2.24, 2.45) is 0 Å². The molecule has 2 amide bonds. The molecule has 2 aromatic carbocycles. The SMILES string of the molecule is Cc1cccc(NC(=O)CN2CCN(C(=O)c3cnc4ccccc4n3)CC2)c1C. The fourth-order valence-electron chi connectivity index (χ4n) is 3.61. The predicted molar refractivity (Wildman–Crippen MR) is 116 cm³/mol. The highest BCUT2D eigenvalue weighted by atomic mass is 16.2. The summed E-state index contributed by atoms with van der Waals surface area (Å²) in [7, 11) is 0. The Morgan fingerprint density at radius 2 is 1.70 bits per heavy atom. The van der Waals surface area contributed by atoms with Crippen molar-refractivity contribution in [3.05, 3.63) is 65.5 Å². The van der Waals surface area contributed by atoms with Gasteiger partial charge in [-0.3, -0.25) is 19.5 Å². The number of aryl methyl sites for hydroxylation is 1. The Balaban J connectivity index is 1.32. The Bertz CT molecular complexity index is 1090. The largest absolute Gasteiger partial charge is 0.335 e. The van der Waals surface area contributed by atoms with Crippen LogP contribution in [0.2, 0.25) is 0 Å². The van der Waals surface area contributed by atoms with E-state index in [1.54, 1.807) is 4.90 Å². The minimum Gasteiger partial charge on any atom is -0.335 e. The van der Waals surface area contributed by atoms with E-state index in [2.05, 4.69) is 20.2 Å². The summed E-state index contributed by atoms with van der Waals surface area (Å²) in [4.78, 5) is 37.9. The summed E-state index contributed by atoms with van der Waals surface area (Å²) in [5.41, 5.74) is 4.92. The summed E-state index contributed by atoms with van der Waals surface area (Å²) in [5, 5.41) is 3.00. The molecular weight excluding hydrogens is 378 g/mol. The second-order valence-electron chi connectivity index (χ2n) is 7.61. The van der Waals surface area contributed by atoms with E-state index in [9.17, 15) is 9.59 Å². The number of carbonyl (C=O) groups is 2. The fourth-order valence-corrected chi connectivity index (χ4v) is 3.61. The first-order chi connectivity index (χ1) is 14.5. The third-order valence-corrected chi connectivity index (χ3v) is 5.57. The van der Waals surface area contributed by atoms with Crippen LogP contribution in [-0.4, -0.2) is 64.3 Å². The Morgan fingerprint density at radius 3 is 2.47 bits per heavy atom. The highest BCUT2D eigenvalue weighted by Crippen LogP contribution is 2.18. The van der Waals surface area contributed by atoms with Gasteiger partial charge < -0.3 is 10.2 Å². The average molecular weight is 403 g/mol. The number of hydrogen-bond donors (Lipinski definition) is 1. The van der Waals surface area contributed by atoms with E-state index in [-0.39, 0.29) is 11.8 Å². The summed E-state index contributed by atoms with van der Waals surface area (Å²) < 4.78 is 0. The van der Waals surface area contributed by atoms with Gasteiger partial charge in [-0.05, 0) is 43.2 Å². The topological polar surface area (TPSA) is 78.4 Å². The van der Waals surface area contributed by atoms with Crippen molar-refractivity contribution in [3.63, 3.8) is 0 Å². The maximum absolute atomic E-state index is 12.8. The smallest absolute Gasteiger partial charge is 0.274 e. The second-order valence-corrected chi connectivity index (χ2v) is 7.61. The molecule has 0 aliphatic carbocycles. The molecule has 0 radical (unpaired) electrons. The van der Waals surface area contributed by atoms with Gasteiger partial charge in [-0.1, -0.05) is 24.3 Å². The first-order valence-electron chi connectivity index (χ1n) is 10.1. The van der Waals surface area contributed by atoms with Gasteiger partial charge in [0.25, 0.3) is 5.91 Å². The minimum atomic E-state index is -0.118. The lowest BCUT2D eigenvalue weighted by Gasteiger charge is -2.34. The molecule has 1 saturated heterocycles. The number of para-hydroxylation sites is 2. The fraction of sp³-hybridized carbons (Fsp3) is 0.304. The zero-order valence-electron chi connectivity index (χ0n) is 17.3. The summed E-state index contributed by atoms with van der Waals surface area (Å²) in [6.45, 7) is 6.76. The number of aromatic nitrogens is 2. The Labute approximate surface area is 175 Å². The van der Waals surface area contributed by atoms with E-state index in [4.69, 9.17) is 0 Å². The third-order valence-electron chi connectivity index (χ3n) is 5.57. The number of piperazine rings is 1. The molecule has 1 aliphatic heterocycles. The van der Waals surface area contributed by atoms with Crippen LogP contribution in [0.4, 0.5) is 5.69 Å². The van der Waals surface area contributed by atoms with Crippen LogP contribution in [0, 0.1) is 13.8 Å². The normalized spacial score (nSPS) is 14.7. The molecule has 1 aliphatic rings. The number of rotatable bonds is 4. The van der Waals surface area contributed by atoms with E-state index >= 15 is 0 Å². The number of anilines is 1. The molecule has 30 heavy (non-hydrogen) atoms. The monoisotopic (exact) mass is 403 g/mol. The van der Waals surface area contributed by atoms with E-state index in [1.807, 2.05) is 56.3 Å². The lowest BCUT2D eigenvalue weighted by Crippen LogP contribution is -2.50. The van der Waals surface area contributed by atoms with Gasteiger partial charge in [0.1, 0.15) is 5.69 Å². The van der Waals surface area contributed by atoms with Crippen molar-refractivity contribution in [3.8, 4) is 0 Å². The molecule has 1 N–H and O–H groups in total. The van der Waals surface area contributed by atoms with Gasteiger partial charge in [0.05, 0.1) is 23.8 Å². The first-order valence-corrected chi connectivity index (χ1v) is 10.1. The molecule has 0 bridgehead atoms. The van der Waals surface area contributed by atoms with Crippen LogP contribution in [0.15, 0.2) is 48.7 Å². The lowest BCUT2D eigenvalue weighted by molar-refractivity contribution is -0.117. The standard InChI is InChI=1S/C23H25N5O2/c1-16-6-5-9-18(17(16)2)26-22(29)15-27-10-12-28(13-11-27)23(30)21-14-24-19-7-3-4-8-20(19)25-21/h3-9,14H,10-13,15H2,1-2H3,(H,26,29). The zero-order valence-corrected chi connectivity index (χ0v) is 17.3. The summed E-state index contributed by atoms with van der Waals surface area (Å²) in [6.07, 6.45) is 1.54. The van der Waals surface area contributed by atoms with Gasteiger partial charge in [-0.2, -0.15) is 0 Å². The number of benzene rings is 2. The molecule has 3 aromatic rings. The molecular formula is C23H25N5O2. The zero-order chi connectivity index (χ0) is 21.1. The van der Waals surface area contributed by atoms with Crippen molar-refractivity contribution in [2.75, 3.05) is 38.0 Å². The number of amides is 2. The molecule has 0 atom stereocenters. The third kappa shape index (κ3) is 4.31. The number of hydrogen-bond acceptors (Lipinski definition) is 5. The maximum Gasteiger partial charge on any atom is 0.274 e. The summed E-state index contributed by atoms with van der Waals surface area (Å²) in [6, 6.07) is 13.4. The number of nitrogens with zero attached hydrogens (tertiary/aromatic N) is 4. The average Bonchev–Trinajstić information content (AvgIpc) is 2.76. The van der Waals surface area contributed by atoms with Gasteiger partial charge >= 0.3 is 0 Å². The Kier molecular flexibility index (Phi) is 5.72. The molecule has 1 fully saturated rings. The number of carbonyl (C=O) groups excluding carboxylic acids is 2. The van der Waals surface area contributed by atoms with E-state index < -0.39 is 0 Å². The Hall–Kier alpha value is -3.32. The van der Waals surface area contributed by atoms with Crippen LogP contribution >= 0.6 is 0 Å². The molecule has 7 nitrogen and oxygen atoms in total. The van der Waals surface area contributed by atoms with Crippen molar-refractivity contribution >= 4 is 28.5 Å². The highest BCUT2D eigenvalue weighted by Gasteiger charge is 2.24. The maximum atomic E-state index is 12.8. The molecule has 7 heteroatoms. The Morgan fingerprint density at radius 1 is 0.967 bits per heavy atom. The number of fused-ring (bicyclic) bond motifs is 1. The first kappa shape index (κ1) is 20.0. The van der Waals surface area contributed by atoms with E-state index in [0.717, 1.165) is 22.3 Å². The van der Waals surface area contributed by atoms with Gasteiger partial charge in [-0.15, -0.1) is 0 Å². The lowest BCUT2D eigenvalue weighted by atomic mass is 10.1. The van der Waals surface area contributed by atoms with Crippen LogP contribution < -0.4 is 5.32 Å². The summed E-state index contributed by atoms with van der Waals surface area (Å²) >= 11 is 0. The molecule has 154 valence electrons. The van der Waals surface area contributed by atoms with Crippen LogP contribution in [0.5, 0.6) is 0 Å². The quantitative estimate of drug-likeness (QED) is 0.725. The van der Waals surface area contributed by atoms with Crippen molar-refractivity contribution in [2.45, 2.75) is 13.8 Å². The molecule has 0 saturated carbocycles. The second kappa shape index (κ2) is 8.59. The van der Waals surface area contributed by atoms with Crippen LogP contribution in [0.1, 0.15) is 21.6 Å². The minimum absolute atomic E-state index is 0.0381. The van der Waals surface area contributed by atoms with Gasteiger partial charge in [0.15, 0.2) is 0 Å². The van der Waals surface area contributed by atoms with Crippen molar-refractivity contribution < 1.29 is 9.59 Å². The van der Waals surface area contributed by atoms with Crippen molar-refractivity contribution in [1.29, 1.82) is 0 Å². The molecule has 0 spiro atoms. The summed E-state index contributed by atoms with van der Waals surface area (Å²) in [5.74, 6) is -0.156. The van der Waals surface area contributed by atoms with E-state index in [1.165, 1.54) is 6.20 Å². The predicted octanol–water partition coefficient (Wildman–Crippen LogP) is 2.64. The van der Waals surface area contributed by atoms with E-state index in [0.29, 0.717) is 43.9 Å². The van der Waals surface area contributed by atoms with Gasteiger partial charge in [-0.25, -0.2) is 4.98 Å². The van der Waals surface area contributed by atoms with Crippen LogP contribution in [-0.2, 0) is 4.79 Å². The molecule has 1 aromatic heterocycles. The van der Waals surface area contributed by atoms with Crippen LogP contribution in [0.3, 0.4) is 0 Å². The molecule has 2 heterocycles. The molecule has 0 unspecified atom stereocenters. The van der Waals surface area contributed by atoms with Crippen LogP contribution in [0.25, 0.3) is 11.0 Å². The highest BCUT2D eigenvalue weighted by molar-refractivity contribution is 5.94. The van der Waals surface area contributed by atoms with Gasteiger partial charge in [0, 0.05) is 31.9 Å². The molecule has 4 rings (SSSR count). The van der Waals surface area contributed by atoms with Crippen molar-refractivity contribution in [1.82, 2.24) is 19.8 Å².